The molecule has 0 bridgehead atoms. The Hall–Kier alpha value is -0.190. The number of ether oxygens (including phenoxy) is 1. The molecule has 0 N–H and O–H groups in total. The second-order valence-electron chi connectivity index (χ2n) is 4.38. The van der Waals surface area contributed by atoms with E-state index >= 15 is 0 Å². The Morgan fingerprint density at radius 2 is 2.53 bits per heavy atom. The van der Waals surface area contributed by atoms with Gasteiger partial charge in [-0.1, -0.05) is 6.08 Å². The van der Waals surface area contributed by atoms with E-state index in [1.54, 1.807) is 0 Å². The molecule has 0 aliphatic carbocycles. The van der Waals surface area contributed by atoms with Gasteiger partial charge >= 0.3 is 0 Å². The van der Waals surface area contributed by atoms with Gasteiger partial charge in [-0.2, -0.15) is 0 Å². The van der Waals surface area contributed by atoms with Crippen LogP contribution in [0.15, 0.2) is 17.3 Å². The first kappa shape index (κ1) is 11.3. The molecule has 2 atom stereocenters. The molecule has 0 amide bonds. The maximum absolute atomic E-state index is 5.89. The third kappa shape index (κ3) is 3.13. The molecule has 2 heterocycles. The maximum atomic E-state index is 5.89. The topological polar surface area (TPSA) is 24.8 Å². The van der Waals surface area contributed by atoms with Crippen molar-refractivity contribution >= 4 is 22.1 Å². The van der Waals surface area contributed by atoms with Gasteiger partial charge in [0.2, 0.25) is 0 Å². The van der Waals surface area contributed by atoms with Crippen molar-refractivity contribution in [3.8, 4) is 0 Å². The van der Waals surface area contributed by atoms with Crippen molar-refractivity contribution in [2.45, 2.75) is 17.4 Å². The first-order valence-electron chi connectivity index (χ1n) is 5.39. The van der Waals surface area contributed by atoms with Gasteiger partial charge in [-0.15, -0.1) is 0 Å². The van der Waals surface area contributed by atoms with Gasteiger partial charge in [0, 0.05) is 25.4 Å². The Morgan fingerprint density at radius 3 is 3.13 bits per heavy atom. The Labute approximate surface area is 99.3 Å². The molecule has 4 heteroatoms. The van der Waals surface area contributed by atoms with Crippen molar-refractivity contribution in [2.75, 3.05) is 26.7 Å². The van der Waals surface area contributed by atoms with Gasteiger partial charge in [0.15, 0.2) is 4.51 Å². The number of likely N-dealkylation sites (tertiary alicyclic amines) is 1. The van der Waals surface area contributed by atoms with Gasteiger partial charge in [-0.05, 0) is 41.9 Å². The molecule has 0 radical (unpaired) electrons. The van der Waals surface area contributed by atoms with Crippen molar-refractivity contribution in [2.24, 2.45) is 10.9 Å². The summed E-state index contributed by atoms with van der Waals surface area (Å²) in [5, 5.41) is 0. The minimum Gasteiger partial charge on any atom is -0.358 e. The van der Waals surface area contributed by atoms with Crippen molar-refractivity contribution < 1.29 is 4.74 Å². The SMILES string of the molecule is CN1CC[C@H](COC2(Br)C=NC=CC2)C1. The molecule has 2 aliphatic heterocycles. The van der Waals surface area contributed by atoms with Crippen LogP contribution in [-0.2, 0) is 4.74 Å². The van der Waals surface area contributed by atoms with E-state index in [4.69, 9.17) is 4.74 Å². The average Bonchev–Trinajstić information content (AvgIpc) is 2.63. The second kappa shape index (κ2) is 4.76. The highest BCUT2D eigenvalue weighted by Crippen LogP contribution is 2.27. The molecule has 0 aromatic carbocycles. The Kier molecular flexibility index (Phi) is 3.59. The lowest BCUT2D eigenvalue weighted by molar-refractivity contribution is 0.0570. The normalized spacial score (nSPS) is 36.3. The number of hydrogen-bond donors (Lipinski definition) is 0. The van der Waals surface area contributed by atoms with Crippen LogP contribution in [0.1, 0.15) is 12.8 Å². The lowest BCUT2D eigenvalue weighted by Gasteiger charge is -2.25. The molecular formula is C11H17BrN2O. The van der Waals surface area contributed by atoms with Gasteiger partial charge in [-0.3, -0.25) is 4.99 Å². The minimum absolute atomic E-state index is 0.358. The first-order valence-corrected chi connectivity index (χ1v) is 6.18. The molecule has 1 fully saturated rings. The number of nitrogens with zero attached hydrogens (tertiary/aromatic N) is 2. The third-order valence-corrected chi connectivity index (χ3v) is 3.66. The molecule has 2 rings (SSSR count). The first-order chi connectivity index (χ1) is 7.18. The zero-order valence-corrected chi connectivity index (χ0v) is 10.6. The molecule has 0 aromatic rings. The lowest BCUT2D eigenvalue weighted by Crippen LogP contribution is -2.30. The van der Waals surface area contributed by atoms with E-state index < -0.39 is 0 Å². The molecule has 0 saturated carbocycles. The quantitative estimate of drug-likeness (QED) is 0.735. The summed E-state index contributed by atoms with van der Waals surface area (Å²) in [5.41, 5.74) is 0. The predicted octanol–water partition coefficient (Wildman–Crippen LogP) is 2.03. The number of hydrogen-bond acceptors (Lipinski definition) is 3. The highest BCUT2D eigenvalue weighted by atomic mass is 79.9. The largest absolute Gasteiger partial charge is 0.358 e. The fraction of sp³-hybridized carbons (Fsp3) is 0.727. The average molecular weight is 273 g/mol. The fourth-order valence-electron chi connectivity index (χ4n) is 2.00. The van der Waals surface area contributed by atoms with Crippen LogP contribution < -0.4 is 0 Å². The highest BCUT2D eigenvalue weighted by molar-refractivity contribution is 9.10. The van der Waals surface area contributed by atoms with Crippen molar-refractivity contribution in [3.63, 3.8) is 0 Å². The van der Waals surface area contributed by atoms with Crippen LogP contribution in [-0.4, -0.2) is 42.4 Å². The number of halogens is 1. The van der Waals surface area contributed by atoms with E-state index in [1.165, 1.54) is 13.0 Å². The Morgan fingerprint density at radius 1 is 1.67 bits per heavy atom. The van der Waals surface area contributed by atoms with E-state index in [1.807, 2.05) is 18.5 Å². The molecule has 2 aliphatic rings. The van der Waals surface area contributed by atoms with Crippen LogP contribution in [0.3, 0.4) is 0 Å². The van der Waals surface area contributed by atoms with Crippen molar-refractivity contribution in [1.29, 1.82) is 0 Å². The molecule has 0 aromatic heterocycles. The zero-order chi connectivity index (χ0) is 10.7. The van der Waals surface area contributed by atoms with E-state index in [-0.39, 0.29) is 4.51 Å². The summed E-state index contributed by atoms with van der Waals surface area (Å²) in [6.45, 7) is 3.16. The van der Waals surface area contributed by atoms with Gasteiger partial charge in [0.25, 0.3) is 0 Å². The summed E-state index contributed by atoms with van der Waals surface area (Å²) in [4.78, 5) is 6.45. The van der Waals surface area contributed by atoms with Gasteiger partial charge in [0.05, 0.1) is 6.61 Å². The van der Waals surface area contributed by atoms with Crippen LogP contribution in [0.4, 0.5) is 0 Å². The Balaban J connectivity index is 1.78. The third-order valence-electron chi connectivity index (χ3n) is 2.90. The smallest absolute Gasteiger partial charge is 0.161 e. The van der Waals surface area contributed by atoms with E-state index in [2.05, 4.69) is 32.9 Å². The van der Waals surface area contributed by atoms with Crippen LogP contribution in [0.5, 0.6) is 0 Å². The number of alkyl halides is 1. The maximum Gasteiger partial charge on any atom is 0.161 e. The minimum atomic E-state index is -0.358. The summed E-state index contributed by atoms with van der Waals surface area (Å²) in [7, 11) is 2.16. The summed E-state index contributed by atoms with van der Waals surface area (Å²) < 4.78 is 5.53. The molecule has 1 unspecified atom stereocenters. The molecule has 15 heavy (non-hydrogen) atoms. The monoisotopic (exact) mass is 272 g/mol. The van der Waals surface area contributed by atoms with Crippen LogP contribution >= 0.6 is 15.9 Å². The van der Waals surface area contributed by atoms with Crippen molar-refractivity contribution in [3.05, 3.63) is 12.3 Å². The molecular weight excluding hydrogens is 256 g/mol. The van der Waals surface area contributed by atoms with Gasteiger partial charge in [0.1, 0.15) is 0 Å². The fourth-order valence-corrected chi connectivity index (χ4v) is 2.43. The summed E-state index contributed by atoms with van der Waals surface area (Å²) in [6.07, 6.45) is 7.78. The number of rotatable bonds is 3. The molecule has 1 saturated heterocycles. The molecule has 84 valence electrons. The van der Waals surface area contributed by atoms with Gasteiger partial charge < -0.3 is 9.64 Å². The summed E-state index contributed by atoms with van der Waals surface area (Å²) in [6, 6.07) is 0. The Bertz CT molecular complexity index is 280. The van der Waals surface area contributed by atoms with Crippen LogP contribution in [0.2, 0.25) is 0 Å². The summed E-state index contributed by atoms with van der Waals surface area (Å²) in [5.74, 6) is 0.670. The zero-order valence-electron chi connectivity index (χ0n) is 9.03. The van der Waals surface area contributed by atoms with E-state index in [9.17, 15) is 0 Å². The standard InChI is InChI=1S/C11H17BrN2O/c1-14-6-3-10(7-14)8-15-11(12)4-2-5-13-9-11/h2,5,9-10H,3-4,6-8H2,1H3/t10-,11?/m0/s1. The predicted molar refractivity (Wildman–Crippen MR) is 65.5 cm³/mol. The summed E-state index contributed by atoms with van der Waals surface area (Å²) >= 11 is 3.58. The van der Waals surface area contributed by atoms with E-state index in [0.29, 0.717) is 5.92 Å². The molecule has 3 nitrogen and oxygen atoms in total. The lowest BCUT2D eigenvalue weighted by atomic mass is 10.1. The van der Waals surface area contributed by atoms with Gasteiger partial charge in [-0.25, -0.2) is 0 Å². The van der Waals surface area contributed by atoms with Crippen LogP contribution in [0, 0.1) is 5.92 Å². The van der Waals surface area contributed by atoms with Crippen LogP contribution in [0.25, 0.3) is 0 Å². The highest BCUT2D eigenvalue weighted by Gasteiger charge is 2.28. The second-order valence-corrected chi connectivity index (χ2v) is 5.72. The van der Waals surface area contributed by atoms with E-state index in [0.717, 1.165) is 19.6 Å². The number of aliphatic imine (C=N–C) groups is 1. The molecule has 0 spiro atoms. The van der Waals surface area contributed by atoms with Crippen molar-refractivity contribution in [1.82, 2.24) is 4.90 Å².